The minimum atomic E-state index is -0.184. The van der Waals surface area contributed by atoms with Gasteiger partial charge in [0, 0.05) is 59.9 Å². The van der Waals surface area contributed by atoms with E-state index in [0.29, 0.717) is 0 Å². The predicted octanol–water partition coefficient (Wildman–Crippen LogP) is 5.33. The van der Waals surface area contributed by atoms with Crippen LogP contribution in [-0.4, -0.2) is 24.8 Å². The van der Waals surface area contributed by atoms with Crippen LogP contribution in [0.4, 0.5) is 5.69 Å². The van der Waals surface area contributed by atoms with E-state index in [9.17, 15) is 4.79 Å². The summed E-state index contributed by atoms with van der Waals surface area (Å²) in [6.45, 7) is 8.82. The predicted molar refractivity (Wildman–Crippen MR) is 116 cm³/mol. The lowest BCUT2D eigenvalue weighted by Gasteiger charge is -2.26. The first kappa shape index (κ1) is 18.8. The molecule has 0 bridgehead atoms. The van der Waals surface area contributed by atoms with Crippen LogP contribution < -0.4 is 4.90 Å². The number of benzene rings is 1. The van der Waals surface area contributed by atoms with Gasteiger partial charge in [-0.3, -0.25) is 4.79 Å². The van der Waals surface area contributed by atoms with Gasteiger partial charge < -0.3 is 9.80 Å². The summed E-state index contributed by atoms with van der Waals surface area (Å²) in [5.41, 5.74) is 6.95. The van der Waals surface area contributed by atoms with Gasteiger partial charge in [0.2, 0.25) is 0 Å². The number of anilines is 1. The average Bonchev–Trinajstić information content (AvgIpc) is 2.98. The third-order valence-corrected chi connectivity index (χ3v) is 6.72. The number of hydrogen-bond donors (Lipinski definition) is 0. The Morgan fingerprint density at radius 2 is 1.61 bits per heavy atom. The average molecular weight is 375 g/mol. The number of fused-ring (bicyclic) bond motifs is 1. The van der Waals surface area contributed by atoms with Crippen LogP contribution in [0.2, 0.25) is 0 Å². The minimum absolute atomic E-state index is 0.0569. The first-order valence-electron chi connectivity index (χ1n) is 10.1. The fourth-order valence-corrected chi connectivity index (χ4v) is 5.12. The standard InChI is InChI=1S/C25H30N2O/c1-24(2)18-11-7-9-13-20(18)26(5)22(24)15-17(28)16-23-25(3,4)19-12-8-10-14-21(19)27(23)6/h7-9,11-13,15-16H,10,14H2,1-6H3/b22-15+,23-16+. The summed E-state index contributed by atoms with van der Waals surface area (Å²) in [5, 5.41) is 0. The van der Waals surface area contributed by atoms with Gasteiger partial charge in [-0.2, -0.15) is 0 Å². The molecule has 1 aliphatic carbocycles. The number of rotatable bonds is 2. The highest BCUT2D eigenvalue weighted by atomic mass is 16.1. The van der Waals surface area contributed by atoms with Gasteiger partial charge in [-0.05, 0) is 30.0 Å². The lowest BCUT2D eigenvalue weighted by atomic mass is 9.80. The number of likely N-dealkylation sites (N-methyl/N-ethyl adjacent to an activating group) is 1. The van der Waals surface area contributed by atoms with E-state index in [4.69, 9.17) is 0 Å². The number of hydrogen-bond acceptors (Lipinski definition) is 3. The monoisotopic (exact) mass is 374 g/mol. The fraction of sp³-hybridized carbons (Fsp3) is 0.400. The summed E-state index contributed by atoms with van der Waals surface area (Å²) >= 11 is 0. The molecule has 3 aliphatic rings. The molecule has 0 spiro atoms. The maximum atomic E-state index is 13.1. The normalized spacial score (nSPS) is 24.9. The van der Waals surface area contributed by atoms with Crippen molar-refractivity contribution in [2.45, 2.75) is 46.0 Å². The molecule has 146 valence electrons. The summed E-state index contributed by atoms with van der Waals surface area (Å²) < 4.78 is 0. The van der Waals surface area contributed by atoms with E-state index in [0.717, 1.165) is 24.2 Å². The third kappa shape index (κ3) is 2.60. The summed E-state index contributed by atoms with van der Waals surface area (Å²) in [6.07, 6.45) is 10.3. The Labute approximate surface area is 168 Å². The molecule has 0 saturated carbocycles. The van der Waals surface area contributed by atoms with Crippen LogP contribution >= 0.6 is 0 Å². The second-order valence-electron chi connectivity index (χ2n) is 9.15. The summed E-state index contributed by atoms with van der Waals surface area (Å²) in [5.74, 6) is 0.0569. The van der Waals surface area contributed by atoms with Crippen molar-refractivity contribution >= 4 is 11.5 Å². The Morgan fingerprint density at radius 1 is 0.964 bits per heavy atom. The number of allylic oxidation sites excluding steroid dienone is 7. The number of para-hydroxylation sites is 1. The zero-order valence-electron chi connectivity index (χ0n) is 17.8. The van der Waals surface area contributed by atoms with E-state index in [1.54, 1.807) is 0 Å². The Kier molecular flexibility index (Phi) is 4.18. The topological polar surface area (TPSA) is 23.6 Å². The van der Waals surface area contributed by atoms with Gasteiger partial charge in [0.1, 0.15) is 0 Å². The molecule has 3 heteroatoms. The van der Waals surface area contributed by atoms with E-state index in [1.165, 1.54) is 22.5 Å². The second-order valence-corrected chi connectivity index (χ2v) is 9.15. The quantitative estimate of drug-likeness (QED) is 0.654. The Morgan fingerprint density at radius 3 is 2.25 bits per heavy atom. The van der Waals surface area contributed by atoms with Gasteiger partial charge in [0.15, 0.2) is 5.78 Å². The zero-order chi connectivity index (χ0) is 20.3. The highest BCUT2D eigenvalue weighted by Gasteiger charge is 2.41. The molecule has 0 N–H and O–H groups in total. The van der Waals surface area contributed by atoms with Crippen molar-refractivity contribution < 1.29 is 4.79 Å². The van der Waals surface area contributed by atoms with E-state index in [1.807, 2.05) is 12.2 Å². The number of carbonyl (C=O) groups excluding carboxylic acids is 1. The molecule has 4 rings (SSSR count). The molecule has 0 amide bonds. The Bertz CT molecular complexity index is 972. The van der Waals surface area contributed by atoms with Crippen molar-refractivity contribution in [3.63, 3.8) is 0 Å². The molecule has 0 aromatic heterocycles. The molecule has 1 aromatic rings. The van der Waals surface area contributed by atoms with Gasteiger partial charge in [0.05, 0.1) is 0 Å². The van der Waals surface area contributed by atoms with Crippen molar-refractivity contribution in [1.82, 2.24) is 4.90 Å². The van der Waals surface area contributed by atoms with Gasteiger partial charge in [0.25, 0.3) is 0 Å². The third-order valence-electron chi connectivity index (χ3n) is 6.72. The fourth-order valence-electron chi connectivity index (χ4n) is 5.12. The van der Waals surface area contributed by atoms with Crippen molar-refractivity contribution in [1.29, 1.82) is 0 Å². The SMILES string of the molecule is CN1C2=C(C=CCC2)C(C)(C)/C1=C\C(=O)/C=C1/N(C)c2ccccc2C1(C)C. The van der Waals surface area contributed by atoms with E-state index < -0.39 is 0 Å². The highest BCUT2D eigenvalue weighted by Crippen LogP contribution is 2.50. The van der Waals surface area contributed by atoms with Crippen LogP contribution in [0.5, 0.6) is 0 Å². The molecule has 0 radical (unpaired) electrons. The minimum Gasteiger partial charge on any atom is -0.350 e. The maximum Gasteiger partial charge on any atom is 0.182 e. The summed E-state index contributed by atoms with van der Waals surface area (Å²) in [4.78, 5) is 17.5. The molecule has 1 aromatic carbocycles. The first-order chi connectivity index (χ1) is 13.2. The van der Waals surface area contributed by atoms with Gasteiger partial charge in [-0.15, -0.1) is 0 Å². The van der Waals surface area contributed by atoms with Gasteiger partial charge in [-0.25, -0.2) is 0 Å². The van der Waals surface area contributed by atoms with Crippen molar-refractivity contribution in [3.05, 3.63) is 76.8 Å². The van der Waals surface area contributed by atoms with Gasteiger partial charge >= 0.3 is 0 Å². The molecule has 0 saturated heterocycles. The molecular formula is C25H30N2O. The van der Waals surface area contributed by atoms with Crippen LogP contribution in [0.1, 0.15) is 46.1 Å². The lowest BCUT2D eigenvalue weighted by Crippen LogP contribution is -2.24. The van der Waals surface area contributed by atoms with Crippen LogP contribution in [0.3, 0.4) is 0 Å². The molecule has 3 nitrogen and oxygen atoms in total. The van der Waals surface area contributed by atoms with Crippen LogP contribution in [-0.2, 0) is 10.2 Å². The van der Waals surface area contributed by atoms with Gasteiger partial charge in [-0.1, -0.05) is 58.0 Å². The van der Waals surface area contributed by atoms with Crippen LogP contribution in [0, 0.1) is 5.41 Å². The first-order valence-corrected chi connectivity index (χ1v) is 10.1. The Hall–Kier alpha value is -2.55. The number of carbonyl (C=O) groups is 1. The molecular weight excluding hydrogens is 344 g/mol. The van der Waals surface area contributed by atoms with Crippen molar-refractivity contribution in [2.24, 2.45) is 5.41 Å². The van der Waals surface area contributed by atoms with E-state index >= 15 is 0 Å². The van der Waals surface area contributed by atoms with E-state index in [-0.39, 0.29) is 16.6 Å². The molecule has 28 heavy (non-hydrogen) atoms. The molecule has 0 unspecified atom stereocenters. The summed E-state index contributed by atoms with van der Waals surface area (Å²) in [7, 11) is 4.15. The molecule has 0 fully saturated rings. The van der Waals surface area contributed by atoms with Crippen molar-refractivity contribution in [2.75, 3.05) is 19.0 Å². The van der Waals surface area contributed by atoms with Crippen LogP contribution in [0.15, 0.2) is 71.2 Å². The smallest absolute Gasteiger partial charge is 0.182 e. The Balaban J connectivity index is 1.69. The molecule has 2 heterocycles. The number of ketones is 1. The van der Waals surface area contributed by atoms with E-state index in [2.05, 4.69) is 88.0 Å². The largest absolute Gasteiger partial charge is 0.350 e. The lowest BCUT2D eigenvalue weighted by molar-refractivity contribution is -0.110. The number of nitrogens with zero attached hydrogens (tertiary/aromatic N) is 2. The maximum absolute atomic E-state index is 13.1. The van der Waals surface area contributed by atoms with Crippen molar-refractivity contribution in [3.8, 4) is 0 Å². The summed E-state index contributed by atoms with van der Waals surface area (Å²) in [6, 6.07) is 8.41. The van der Waals surface area contributed by atoms with Crippen LogP contribution in [0.25, 0.3) is 0 Å². The zero-order valence-corrected chi connectivity index (χ0v) is 17.8. The molecule has 0 atom stereocenters. The highest BCUT2D eigenvalue weighted by molar-refractivity contribution is 6.01. The second kappa shape index (κ2) is 6.23. The molecule has 2 aliphatic heterocycles.